The maximum atomic E-state index is 13.4. The van der Waals surface area contributed by atoms with Crippen LogP contribution >= 0.6 is 0 Å². The molecule has 32 heavy (non-hydrogen) atoms. The lowest BCUT2D eigenvalue weighted by atomic mass is 10.1. The highest BCUT2D eigenvalue weighted by Crippen LogP contribution is 2.26. The van der Waals surface area contributed by atoms with Gasteiger partial charge < -0.3 is 9.84 Å². The molecule has 0 aliphatic carbocycles. The van der Waals surface area contributed by atoms with Crippen molar-refractivity contribution in [3.8, 4) is 5.75 Å². The number of rotatable bonds is 10. The van der Waals surface area contributed by atoms with Crippen molar-refractivity contribution in [2.75, 3.05) is 13.1 Å². The molecule has 176 valence electrons. The molecule has 0 spiro atoms. The number of aliphatic carboxylic acids is 1. The van der Waals surface area contributed by atoms with Gasteiger partial charge in [-0.1, -0.05) is 36.8 Å². The Bertz CT molecular complexity index is 1040. The summed E-state index contributed by atoms with van der Waals surface area (Å²) in [5.41, 5.74) is 1.49. The van der Waals surface area contributed by atoms with Gasteiger partial charge in [-0.25, -0.2) is 13.4 Å². The van der Waals surface area contributed by atoms with E-state index in [9.17, 15) is 31.5 Å². The maximum Gasteiger partial charge on any atom is 0.573 e. The minimum atomic E-state index is -4.80. The summed E-state index contributed by atoms with van der Waals surface area (Å²) in [7, 11) is -4.09. The third-order valence-corrected chi connectivity index (χ3v) is 6.58. The predicted molar refractivity (Wildman–Crippen MR) is 111 cm³/mol. The molecule has 0 aliphatic heterocycles. The standard InChI is InChI=1S/C21H25F3N2O5S/c1-4-25(14-16-7-9-18(10-8-16)31-21(22,23)24)26(5-2)32(29,30)19-11-6-15(3)12-17(19)13-20(27)28/h6-12H,4-5,13-14H2,1-3H3,(H,27,28). The number of alkyl halides is 3. The summed E-state index contributed by atoms with van der Waals surface area (Å²) in [6.07, 6.45) is -5.24. The van der Waals surface area contributed by atoms with E-state index in [1.165, 1.54) is 29.3 Å². The van der Waals surface area contributed by atoms with Crippen molar-refractivity contribution < 1.29 is 36.2 Å². The number of hydrogen-bond donors (Lipinski definition) is 1. The molecule has 2 rings (SSSR count). The first kappa shape index (κ1) is 25.6. The topological polar surface area (TPSA) is 87.2 Å². The number of ether oxygens (including phenoxy) is 1. The number of carbonyl (C=O) groups is 1. The Labute approximate surface area is 185 Å². The van der Waals surface area contributed by atoms with Crippen molar-refractivity contribution in [2.45, 2.75) is 45.0 Å². The first-order valence-corrected chi connectivity index (χ1v) is 11.2. The number of carboxylic acid groups (broad SMARTS) is 1. The molecule has 0 saturated heterocycles. The van der Waals surface area contributed by atoms with Gasteiger partial charge in [0.1, 0.15) is 5.75 Å². The van der Waals surface area contributed by atoms with Gasteiger partial charge in [0.2, 0.25) is 0 Å². The Morgan fingerprint density at radius 3 is 2.19 bits per heavy atom. The lowest BCUT2D eigenvalue weighted by Crippen LogP contribution is -2.46. The van der Waals surface area contributed by atoms with E-state index in [1.807, 2.05) is 0 Å². The summed E-state index contributed by atoms with van der Waals surface area (Å²) >= 11 is 0. The fraction of sp³-hybridized carbons (Fsp3) is 0.381. The number of carboxylic acids is 1. The molecule has 0 saturated carbocycles. The molecule has 7 nitrogen and oxygen atoms in total. The van der Waals surface area contributed by atoms with Gasteiger partial charge in [0, 0.05) is 19.6 Å². The van der Waals surface area contributed by atoms with Gasteiger partial charge in [-0.15, -0.1) is 17.6 Å². The first-order chi connectivity index (χ1) is 14.9. The van der Waals surface area contributed by atoms with Gasteiger partial charge in [0.15, 0.2) is 0 Å². The molecule has 0 amide bonds. The van der Waals surface area contributed by atoms with Gasteiger partial charge in [0.25, 0.3) is 10.0 Å². The van der Waals surface area contributed by atoms with E-state index in [1.54, 1.807) is 26.8 Å². The van der Waals surface area contributed by atoms with Crippen LogP contribution in [0.4, 0.5) is 13.2 Å². The van der Waals surface area contributed by atoms with Gasteiger partial charge >= 0.3 is 12.3 Å². The van der Waals surface area contributed by atoms with Crippen LogP contribution in [0.15, 0.2) is 47.4 Å². The Balaban J connectivity index is 2.33. The van der Waals surface area contributed by atoms with Crippen LogP contribution in [0.25, 0.3) is 0 Å². The number of benzene rings is 2. The van der Waals surface area contributed by atoms with Crippen LogP contribution in [0.3, 0.4) is 0 Å². The predicted octanol–water partition coefficient (Wildman–Crippen LogP) is 3.97. The highest BCUT2D eigenvalue weighted by Gasteiger charge is 2.32. The SMILES string of the molecule is CCN(Cc1ccc(OC(F)(F)F)cc1)N(CC)S(=O)(=O)c1ccc(C)cc1CC(=O)O. The van der Waals surface area contributed by atoms with Crippen LogP contribution in [-0.2, 0) is 27.8 Å². The monoisotopic (exact) mass is 474 g/mol. The number of nitrogens with zero attached hydrogens (tertiary/aromatic N) is 2. The van der Waals surface area contributed by atoms with Crippen LogP contribution in [0, 0.1) is 6.92 Å². The van der Waals surface area contributed by atoms with Crippen molar-refractivity contribution in [3.05, 3.63) is 59.2 Å². The molecule has 0 aromatic heterocycles. The summed E-state index contributed by atoms with van der Waals surface area (Å²) in [5.74, 6) is -1.52. The second-order valence-electron chi connectivity index (χ2n) is 7.00. The zero-order chi connectivity index (χ0) is 24.1. The number of aryl methyl sites for hydroxylation is 1. The average Bonchev–Trinajstić information content (AvgIpc) is 2.67. The minimum absolute atomic E-state index is 0.0752. The van der Waals surface area contributed by atoms with Crippen molar-refractivity contribution >= 4 is 16.0 Å². The molecule has 0 heterocycles. The highest BCUT2D eigenvalue weighted by atomic mass is 32.2. The molecule has 2 aromatic carbocycles. The van der Waals surface area contributed by atoms with E-state index < -0.39 is 28.8 Å². The third-order valence-electron chi connectivity index (χ3n) is 4.59. The third kappa shape index (κ3) is 6.68. The molecule has 0 radical (unpaired) electrons. The molecule has 0 bridgehead atoms. The molecular formula is C21H25F3N2O5S. The normalized spacial score (nSPS) is 12.4. The average molecular weight is 475 g/mol. The van der Waals surface area contributed by atoms with Crippen molar-refractivity contribution in [2.24, 2.45) is 0 Å². The van der Waals surface area contributed by atoms with Gasteiger partial charge in [-0.3, -0.25) is 4.79 Å². The molecule has 0 unspecified atom stereocenters. The quantitative estimate of drug-likeness (QED) is 0.525. The van der Waals surface area contributed by atoms with Gasteiger partial charge in [-0.2, -0.15) is 0 Å². The summed E-state index contributed by atoms with van der Waals surface area (Å²) in [6.45, 7) is 5.60. The summed E-state index contributed by atoms with van der Waals surface area (Å²) in [5, 5.41) is 10.7. The zero-order valence-electron chi connectivity index (χ0n) is 17.9. The molecule has 0 atom stereocenters. The zero-order valence-corrected chi connectivity index (χ0v) is 18.7. The fourth-order valence-corrected chi connectivity index (χ4v) is 5.00. The molecule has 0 fully saturated rings. The minimum Gasteiger partial charge on any atom is -0.481 e. The Kier molecular flexibility index (Phi) is 8.27. The van der Waals surface area contributed by atoms with Crippen molar-refractivity contribution in [1.29, 1.82) is 0 Å². The van der Waals surface area contributed by atoms with Crippen LogP contribution in [0.2, 0.25) is 0 Å². The van der Waals surface area contributed by atoms with Crippen LogP contribution in [0.5, 0.6) is 5.75 Å². The van der Waals surface area contributed by atoms with Crippen molar-refractivity contribution in [1.82, 2.24) is 9.42 Å². The largest absolute Gasteiger partial charge is 0.573 e. The van der Waals surface area contributed by atoms with E-state index in [0.29, 0.717) is 5.56 Å². The van der Waals surface area contributed by atoms with Crippen LogP contribution in [0.1, 0.15) is 30.5 Å². The number of sulfonamides is 1. The summed E-state index contributed by atoms with van der Waals surface area (Å²) in [6, 6.07) is 9.69. The number of halogens is 3. The lowest BCUT2D eigenvalue weighted by molar-refractivity contribution is -0.274. The van der Waals surface area contributed by atoms with Crippen LogP contribution in [-0.4, -0.2) is 48.4 Å². The highest BCUT2D eigenvalue weighted by molar-refractivity contribution is 7.89. The van der Waals surface area contributed by atoms with Crippen LogP contribution < -0.4 is 4.74 Å². The Morgan fingerprint density at radius 2 is 1.69 bits per heavy atom. The fourth-order valence-electron chi connectivity index (χ4n) is 3.25. The van der Waals surface area contributed by atoms with E-state index in [0.717, 1.165) is 22.1 Å². The molecule has 1 N–H and O–H groups in total. The molecule has 0 aliphatic rings. The summed E-state index contributed by atoms with van der Waals surface area (Å²) < 4.78 is 68.9. The Hall–Kier alpha value is -2.63. The summed E-state index contributed by atoms with van der Waals surface area (Å²) in [4.78, 5) is 11.1. The van der Waals surface area contributed by atoms with Crippen molar-refractivity contribution in [3.63, 3.8) is 0 Å². The van der Waals surface area contributed by atoms with Gasteiger partial charge in [-0.05, 0) is 43.2 Å². The molecular weight excluding hydrogens is 449 g/mol. The van der Waals surface area contributed by atoms with Gasteiger partial charge in [0.05, 0.1) is 11.3 Å². The lowest BCUT2D eigenvalue weighted by Gasteiger charge is -2.33. The second-order valence-corrected chi connectivity index (χ2v) is 8.81. The smallest absolute Gasteiger partial charge is 0.481 e. The number of hydrogen-bond acceptors (Lipinski definition) is 5. The van der Waals surface area contributed by atoms with E-state index >= 15 is 0 Å². The molecule has 2 aromatic rings. The van der Waals surface area contributed by atoms with E-state index in [-0.39, 0.29) is 35.8 Å². The number of hydrazine groups is 1. The van der Waals surface area contributed by atoms with E-state index in [2.05, 4.69) is 4.74 Å². The first-order valence-electron chi connectivity index (χ1n) is 9.81. The Morgan fingerprint density at radius 1 is 1.06 bits per heavy atom. The maximum absolute atomic E-state index is 13.4. The second kappa shape index (κ2) is 10.3. The van der Waals surface area contributed by atoms with E-state index in [4.69, 9.17) is 0 Å². The molecule has 11 heteroatoms.